The van der Waals surface area contributed by atoms with Crippen molar-refractivity contribution in [3.8, 4) is 11.1 Å². The summed E-state index contributed by atoms with van der Waals surface area (Å²) in [7, 11) is 1.23. The van der Waals surface area contributed by atoms with Gasteiger partial charge in [0.15, 0.2) is 0 Å². The molecule has 0 fully saturated rings. The predicted molar refractivity (Wildman–Crippen MR) is 125 cm³/mol. The van der Waals surface area contributed by atoms with E-state index in [0.29, 0.717) is 10.0 Å². The molecule has 7 nitrogen and oxygen atoms in total. The summed E-state index contributed by atoms with van der Waals surface area (Å²) in [4.78, 5) is 37.3. The molecule has 32 heavy (non-hydrogen) atoms. The largest absolute Gasteiger partial charge is 0.465 e. The van der Waals surface area contributed by atoms with Crippen LogP contribution < -0.4 is 10.6 Å². The number of benzene rings is 2. The molecule has 0 radical (unpaired) electrons. The number of rotatable bonds is 8. The number of methoxy groups -OCH3 is 1. The summed E-state index contributed by atoms with van der Waals surface area (Å²) >= 11 is 7.36. The summed E-state index contributed by atoms with van der Waals surface area (Å²) in [5, 5.41) is 6.36. The van der Waals surface area contributed by atoms with Crippen molar-refractivity contribution in [2.24, 2.45) is 0 Å². The van der Waals surface area contributed by atoms with Gasteiger partial charge in [0.25, 0.3) is 5.91 Å². The van der Waals surface area contributed by atoms with Gasteiger partial charge in [-0.15, -0.1) is 11.3 Å². The van der Waals surface area contributed by atoms with E-state index in [1.54, 1.807) is 0 Å². The van der Waals surface area contributed by atoms with Crippen LogP contribution in [-0.2, 0) is 19.1 Å². The number of nitrogens with one attached hydrogen (secondary N) is 2. The van der Waals surface area contributed by atoms with Gasteiger partial charge < -0.3 is 20.1 Å². The van der Waals surface area contributed by atoms with Crippen LogP contribution in [0.15, 0.2) is 54.6 Å². The van der Waals surface area contributed by atoms with Crippen LogP contribution in [0.1, 0.15) is 15.2 Å². The first-order chi connectivity index (χ1) is 15.4. The van der Waals surface area contributed by atoms with Gasteiger partial charge in [0.1, 0.15) is 13.2 Å². The molecule has 0 atom stereocenters. The molecule has 2 N–H and O–H groups in total. The average Bonchev–Trinajstić information content (AvgIpc) is 3.14. The first-order valence-electron chi connectivity index (χ1n) is 9.58. The van der Waals surface area contributed by atoms with Crippen LogP contribution in [0.4, 0.5) is 10.7 Å². The van der Waals surface area contributed by atoms with Gasteiger partial charge in [-0.2, -0.15) is 0 Å². The van der Waals surface area contributed by atoms with Crippen LogP contribution in [0, 0.1) is 6.92 Å². The average molecular weight is 473 g/mol. The molecule has 1 aromatic heterocycles. The van der Waals surface area contributed by atoms with Crippen LogP contribution in [0.5, 0.6) is 0 Å². The van der Waals surface area contributed by atoms with Crippen molar-refractivity contribution in [3.63, 3.8) is 0 Å². The van der Waals surface area contributed by atoms with Gasteiger partial charge in [-0.05, 0) is 42.3 Å². The normalized spacial score (nSPS) is 10.5. The Labute approximate surface area is 194 Å². The van der Waals surface area contributed by atoms with Gasteiger partial charge in [0.2, 0.25) is 5.91 Å². The molecular weight excluding hydrogens is 452 g/mol. The van der Waals surface area contributed by atoms with Gasteiger partial charge in [0, 0.05) is 9.90 Å². The van der Waals surface area contributed by atoms with Gasteiger partial charge >= 0.3 is 5.97 Å². The third kappa shape index (κ3) is 6.16. The molecule has 9 heteroatoms. The Morgan fingerprint density at radius 2 is 1.66 bits per heavy atom. The second-order valence-corrected chi connectivity index (χ2v) is 8.41. The number of aryl methyl sites for hydroxylation is 1. The standard InChI is InChI=1S/C23H21ClN2O5S/c1-14-17(15-6-4-3-5-7-15)11-22(32-14)26-21(28)13-31-12-20(27)25-19-9-8-16(24)10-18(19)23(29)30-2/h3-11H,12-13H2,1-2H3,(H,25,27)(H,26,28). The van der Waals surface area contributed by atoms with Gasteiger partial charge in [-0.3, -0.25) is 9.59 Å². The quantitative estimate of drug-likeness (QED) is 0.461. The number of carbonyl (C=O) groups is 3. The molecule has 2 aromatic carbocycles. The van der Waals surface area contributed by atoms with E-state index in [-0.39, 0.29) is 30.4 Å². The lowest BCUT2D eigenvalue weighted by molar-refractivity contribution is -0.125. The summed E-state index contributed by atoms with van der Waals surface area (Å²) in [5.41, 5.74) is 2.48. The van der Waals surface area contributed by atoms with Crippen LogP contribution in [-0.4, -0.2) is 38.1 Å². The second-order valence-electron chi connectivity index (χ2n) is 6.72. The van der Waals surface area contributed by atoms with E-state index in [4.69, 9.17) is 16.3 Å². The number of amides is 2. The molecule has 0 aliphatic rings. The van der Waals surface area contributed by atoms with E-state index < -0.39 is 11.9 Å². The molecule has 1 heterocycles. The molecule has 166 valence electrons. The fraction of sp³-hybridized carbons (Fsp3) is 0.174. The van der Waals surface area contributed by atoms with Crippen molar-refractivity contribution in [2.45, 2.75) is 6.92 Å². The first-order valence-corrected chi connectivity index (χ1v) is 10.8. The van der Waals surface area contributed by atoms with Crippen molar-refractivity contribution >= 4 is 51.4 Å². The first kappa shape index (κ1) is 23.5. The minimum atomic E-state index is -0.635. The van der Waals surface area contributed by atoms with Crippen molar-refractivity contribution in [3.05, 3.63) is 70.1 Å². The lowest BCUT2D eigenvalue weighted by Gasteiger charge is -2.10. The summed E-state index contributed by atoms with van der Waals surface area (Å²) in [6, 6.07) is 16.2. The van der Waals surface area contributed by atoms with E-state index in [9.17, 15) is 14.4 Å². The van der Waals surface area contributed by atoms with Crippen LogP contribution in [0.3, 0.4) is 0 Å². The maximum Gasteiger partial charge on any atom is 0.340 e. The Morgan fingerprint density at radius 1 is 0.969 bits per heavy atom. The third-order valence-corrected chi connectivity index (χ3v) is 5.59. The van der Waals surface area contributed by atoms with E-state index in [1.165, 1.54) is 36.6 Å². The van der Waals surface area contributed by atoms with Gasteiger partial charge in [-0.25, -0.2) is 4.79 Å². The van der Waals surface area contributed by atoms with Crippen molar-refractivity contribution in [1.29, 1.82) is 0 Å². The van der Waals surface area contributed by atoms with Gasteiger partial charge in [-0.1, -0.05) is 41.9 Å². The van der Waals surface area contributed by atoms with Crippen molar-refractivity contribution in [1.82, 2.24) is 0 Å². The zero-order chi connectivity index (χ0) is 23.1. The fourth-order valence-corrected chi connectivity index (χ4v) is 4.08. The van der Waals surface area contributed by atoms with E-state index >= 15 is 0 Å². The predicted octanol–water partition coefficient (Wildman–Crippen LogP) is 4.76. The zero-order valence-electron chi connectivity index (χ0n) is 17.4. The van der Waals surface area contributed by atoms with Crippen LogP contribution in [0.2, 0.25) is 5.02 Å². The fourth-order valence-electron chi connectivity index (χ4n) is 2.95. The SMILES string of the molecule is COC(=O)c1cc(Cl)ccc1NC(=O)COCC(=O)Nc1cc(-c2ccccc2)c(C)s1. The molecule has 0 saturated heterocycles. The minimum absolute atomic E-state index is 0.119. The number of carbonyl (C=O) groups excluding carboxylic acids is 3. The topological polar surface area (TPSA) is 93.7 Å². The summed E-state index contributed by atoms with van der Waals surface area (Å²) < 4.78 is 9.90. The zero-order valence-corrected chi connectivity index (χ0v) is 19.0. The number of anilines is 2. The molecule has 0 saturated carbocycles. The second kappa shape index (κ2) is 10.9. The summed E-state index contributed by atoms with van der Waals surface area (Å²) in [5.74, 6) is -1.53. The van der Waals surface area contributed by atoms with Crippen molar-refractivity contribution < 1.29 is 23.9 Å². The smallest absolute Gasteiger partial charge is 0.340 e. The van der Waals surface area contributed by atoms with E-state index in [2.05, 4.69) is 15.4 Å². The number of halogens is 1. The van der Waals surface area contributed by atoms with E-state index in [1.807, 2.05) is 43.3 Å². The molecule has 0 aliphatic carbocycles. The highest BCUT2D eigenvalue weighted by Crippen LogP contribution is 2.34. The highest BCUT2D eigenvalue weighted by atomic mass is 35.5. The maximum absolute atomic E-state index is 12.2. The molecular formula is C23H21ClN2O5S. The minimum Gasteiger partial charge on any atom is -0.465 e. The number of esters is 1. The number of thiophene rings is 1. The highest BCUT2D eigenvalue weighted by molar-refractivity contribution is 7.16. The van der Waals surface area contributed by atoms with E-state index in [0.717, 1.165) is 16.0 Å². The monoisotopic (exact) mass is 472 g/mol. The maximum atomic E-state index is 12.2. The lowest BCUT2D eigenvalue weighted by Crippen LogP contribution is -2.24. The number of hydrogen-bond acceptors (Lipinski definition) is 6. The highest BCUT2D eigenvalue weighted by Gasteiger charge is 2.15. The Morgan fingerprint density at radius 3 is 2.34 bits per heavy atom. The summed E-state index contributed by atoms with van der Waals surface area (Å²) in [6.07, 6.45) is 0. The van der Waals surface area contributed by atoms with Crippen LogP contribution in [0.25, 0.3) is 11.1 Å². The Bertz CT molecular complexity index is 1130. The lowest BCUT2D eigenvalue weighted by atomic mass is 10.1. The molecule has 0 aliphatic heterocycles. The molecule has 3 aromatic rings. The molecule has 0 spiro atoms. The molecule has 0 bridgehead atoms. The van der Waals surface area contributed by atoms with Crippen molar-refractivity contribution in [2.75, 3.05) is 31.0 Å². The Kier molecular flexibility index (Phi) is 7.99. The third-order valence-electron chi connectivity index (χ3n) is 4.39. The van der Waals surface area contributed by atoms with Crippen LogP contribution >= 0.6 is 22.9 Å². The number of hydrogen-bond donors (Lipinski definition) is 2. The Balaban J connectivity index is 1.50. The molecule has 0 unspecified atom stereocenters. The summed E-state index contributed by atoms with van der Waals surface area (Å²) in [6.45, 7) is 1.33. The molecule has 3 rings (SSSR count). The van der Waals surface area contributed by atoms with Gasteiger partial charge in [0.05, 0.1) is 23.4 Å². The molecule has 2 amide bonds. The number of ether oxygens (including phenoxy) is 2. The Hall–Kier alpha value is -3.20.